The lowest BCUT2D eigenvalue weighted by atomic mass is 10.1. The van der Waals surface area contributed by atoms with Crippen LogP contribution in [0.25, 0.3) is 5.78 Å². The van der Waals surface area contributed by atoms with Gasteiger partial charge in [-0.2, -0.15) is 0 Å². The first-order valence-electron chi connectivity index (χ1n) is 8.52. The first-order chi connectivity index (χ1) is 13.0. The molecule has 1 aliphatic heterocycles. The molecule has 1 aliphatic rings. The molecule has 0 bridgehead atoms. The van der Waals surface area contributed by atoms with Gasteiger partial charge in [0.15, 0.2) is 16.7 Å². The Hall–Kier alpha value is -2.81. The molecule has 8 nitrogen and oxygen atoms in total. The highest BCUT2D eigenvalue weighted by atomic mass is 32.2. The first kappa shape index (κ1) is 17.6. The minimum absolute atomic E-state index is 0.0837. The molecule has 3 aromatic rings. The third-order valence-corrected chi connectivity index (χ3v) is 5.20. The van der Waals surface area contributed by atoms with Crippen molar-refractivity contribution in [3.63, 3.8) is 0 Å². The zero-order valence-corrected chi connectivity index (χ0v) is 16.0. The molecule has 0 fully saturated rings. The molecular formula is C18H19N5O3S. The Bertz CT molecular complexity index is 1020. The third-order valence-electron chi connectivity index (χ3n) is 4.27. The Morgan fingerprint density at radius 3 is 2.93 bits per heavy atom. The average Bonchev–Trinajstić information content (AvgIpc) is 3.25. The number of aromatic nitrogens is 4. The molecule has 4 rings (SSSR count). The Morgan fingerprint density at radius 2 is 2.07 bits per heavy atom. The fraction of sp³-hybridized carbons (Fsp3) is 0.333. The fourth-order valence-corrected chi connectivity index (χ4v) is 3.77. The molecule has 0 saturated carbocycles. The van der Waals surface area contributed by atoms with Gasteiger partial charge in [0.2, 0.25) is 12.7 Å². The predicted molar refractivity (Wildman–Crippen MR) is 100 cm³/mol. The predicted octanol–water partition coefficient (Wildman–Crippen LogP) is 2.44. The summed E-state index contributed by atoms with van der Waals surface area (Å²) in [6, 6.07) is 7.49. The van der Waals surface area contributed by atoms with Crippen molar-refractivity contribution in [3.05, 3.63) is 41.2 Å². The van der Waals surface area contributed by atoms with Gasteiger partial charge in [0.05, 0.1) is 11.8 Å². The van der Waals surface area contributed by atoms with E-state index in [9.17, 15) is 4.79 Å². The van der Waals surface area contributed by atoms with Crippen molar-refractivity contribution >= 4 is 23.4 Å². The molecule has 1 N–H and O–H groups in total. The van der Waals surface area contributed by atoms with Crippen LogP contribution >= 0.6 is 11.8 Å². The van der Waals surface area contributed by atoms with E-state index >= 15 is 0 Å². The maximum atomic E-state index is 12.4. The van der Waals surface area contributed by atoms with Gasteiger partial charge in [-0.05, 0) is 44.5 Å². The van der Waals surface area contributed by atoms with E-state index in [-0.39, 0.29) is 24.5 Å². The van der Waals surface area contributed by atoms with Crippen molar-refractivity contribution < 1.29 is 14.3 Å². The third kappa shape index (κ3) is 3.55. The van der Waals surface area contributed by atoms with E-state index in [4.69, 9.17) is 9.47 Å². The van der Waals surface area contributed by atoms with Gasteiger partial charge in [-0.15, -0.1) is 10.2 Å². The van der Waals surface area contributed by atoms with E-state index in [0.29, 0.717) is 16.7 Å². The molecule has 9 heteroatoms. The van der Waals surface area contributed by atoms with Crippen LogP contribution in [0.1, 0.15) is 29.9 Å². The second kappa shape index (κ2) is 7.07. The van der Waals surface area contributed by atoms with E-state index in [1.165, 1.54) is 11.8 Å². The van der Waals surface area contributed by atoms with E-state index < -0.39 is 0 Å². The summed E-state index contributed by atoms with van der Waals surface area (Å²) < 4.78 is 12.6. The van der Waals surface area contributed by atoms with E-state index in [2.05, 4.69) is 20.5 Å². The number of rotatable bonds is 5. The summed E-state index contributed by atoms with van der Waals surface area (Å²) in [6.07, 6.45) is 0. The molecule has 0 unspecified atom stereocenters. The Kier molecular flexibility index (Phi) is 4.61. The van der Waals surface area contributed by atoms with Crippen molar-refractivity contribution in [1.29, 1.82) is 0 Å². The highest BCUT2D eigenvalue weighted by Gasteiger charge is 2.18. The summed E-state index contributed by atoms with van der Waals surface area (Å²) in [4.78, 5) is 16.7. The summed E-state index contributed by atoms with van der Waals surface area (Å²) in [7, 11) is 0. The van der Waals surface area contributed by atoms with Gasteiger partial charge in [0, 0.05) is 11.4 Å². The number of amides is 1. The SMILES string of the molecule is Cc1cc(C)n2c(SCC(=O)N[C@@H](C)c3ccc4c(c3)OCO4)nnc2n1. The van der Waals surface area contributed by atoms with Crippen LogP contribution in [0.2, 0.25) is 0 Å². The molecule has 3 heterocycles. The first-order valence-corrected chi connectivity index (χ1v) is 9.51. The van der Waals surface area contributed by atoms with E-state index in [0.717, 1.165) is 22.7 Å². The number of nitrogens with one attached hydrogen (secondary N) is 1. The molecule has 0 radical (unpaired) electrons. The maximum absolute atomic E-state index is 12.4. The molecule has 1 atom stereocenters. The Labute approximate surface area is 160 Å². The summed E-state index contributed by atoms with van der Waals surface area (Å²) >= 11 is 1.33. The number of benzene rings is 1. The number of hydrogen-bond acceptors (Lipinski definition) is 7. The lowest BCUT2D eigenvalue weighted by molar-refractivity contribution is -0.119. The maximum Gasteiger partial charge on any atom is 0.256 e. The van der Waals surface area contributed by atoms with Gasteiger partial charge in [-0.3, -0.25) is 9.20 Å². The fourth-order valence-electron chi connectivity index (χ4n) is 2.97. The summed E-state index contributed by atoms with van der Waals surface area (Å²) in [6.45, 7) is 6.05. The number of aryl methyl sites for hydroxylation is 2. The number of hydrogen-bond donors (Lipinski definition) is 1. The second-order valence-corrected chi connectivity index (χ2v) is 7.29. The van der Waals surface area contributed by atoms with Crippen LogP contribution in [-0.4, -0.2) is 38.0 Å². The molecule has 0 saturated heterocycles. The number of carbonyl (C=O) groups excluding carboxylic acids is 1. The topological polar surface area (TPSA) is 90.6 Å². The molecule has 140 valence electrons. The summed E-state index contributed by atoms with van der Waals surface area (Å²) in [5, 5.41) is 11.9. The van der Waals surface area contributed by atoms with Crippen molar-refractivity contribution in [1.82, 2.24) is 24.9 Å². The molecular weight excluding hydrogens is 366 g/mol. The number of carbonyl (C=O) groups is 1. The van der Waals surface area contributed by atoms with Crippen LogP contribution < -0.4 is 14.8 Å². The lowest BCUT2D eigenvalue weighted by Crippen LogP contribution is -2.28. The van der Waals surface area contributed by atoms with Crippen LogP contribution in [0.3, 0.4) is 0 Å². The summed E-state index contributed by atoms with van der Waals surface area (Å²) in [5.74, 6) is 2.13. The van der Waals surface area contributed by atoms with Crippen LogP contribution in [0.5, 0.6) is 11.5 Å². The monoisotopic (exact) mass is 385 g/mol. The van der Waals surface area contributed by atoms with Gasteiger partial charge in [0.1, 0.15) is 0 Å². The average molecular weight is 385 g/mol. The van der Waals surface area contributed by atoms with Crippen LogP contribution in [0.15, 0.2) is 29.4 Å². The van der Waals surface area contributed by atoms with Crippen LogP contribution in [0, 0.1) is 13.8 Å². The summed E-state index contributed by atoms with van der Waals surface area (Å²) in [5.41, 5.74) is 2.83. The zero-order chi connectivity index (χ0) is 19.0. The molecule has 1 amide bonds. The van der Waals surface area contributed by atoms with E-state index in [1.54, 1.807) is 0 Å². The molecule has 1 aromatic carbocycles. The quantitative estimate of drug-likeness (QED) is 0.675. The van der Waals surface area contributed by atoms with Crippen LogP contribution in [0.4, 0.5) is 0 Å². The smallest absolute Gasteiger partial charge is 0.256 e. The Morgan fingerprint density at radius 1 is 1.26 bits per heavy atom. The van der Waals surface area contributed by atoms with Crippen molar-refractivity contribution in [2.45, 2.75) is 32.0 Å². The van der Waals surface area contributed by atoms with Crippen molar-refractivity contribution in [2.24, 2.45) is 0 Å². The van der Waals surface area contributed by atoms with Crippen LogP contribution in [-0.2, 0) is 4.79 Å². The number of nitrogens with zero attached hydrogens (tertiary/aromatic N) is 4. The lowest BCUT2D eigenvalue weighted by Gasteiger charge is -2.14. The highest BCUT2D eigenvalue weighted by molar-refractivity contribution is 7.99. The van der Waals surface area contributed by atoms with Gasteiger partial charge in [0.25, 0.3) is 5.78 Å². The molecule has 2 aromatic heterocycles. The molecule has 27 heavy (non-hydrogen) atoms. The standard InChI is InChI=1S/C18H19N5O3S/c1-10-6-11(2)23-17(19-10)21-22-18(23)27-8-16(24)20-12(3)13-4-5-14-15(7-13)26-9-25-14/h4-7,12H,8-9H2,1-3H3,(H,20,24)/t12-/m0/s1. The van der Waals surface area contributed by atoms with Gasteiger partial charge in [-0.1, -0.05) is 17.8 Å². The van der Waals surface area contributed by atoms with Crippen molar-refractivity contribution in [2.75, 3.05) is 12.5 Å². The largest absolute Gasteiger partial charge is 0.454 e. The molecule has 0 aliphatic carbocycles. The number of fused-ring (bicyclic) bond motifs is 2. The van der Waals surface area contributed by atoms with E-state index in [1.807, 2.05) is 49.4 Å². The number of thioether (sulfide) groups is 1. The van der Waals surface area contributed by atoms with Crippen molar-refractivity contribution in [3.8, 4) is 11.5 Å². The number of ether oxygens (including phenoxy) is 2. The second-order valence-electron chi connectivity index (χ2n) is 6.35. The highest BCUT2D eigenvalue weighted by Crippen LogP contribution is 2.34. The van der Waals surface area contributed by atoms with Gasteiger partial charge >= 0.3 is 0 Å². The normalized spacial score (nSPS) is 13.7. The minimum atomic E-state index is -0.145. The zero-order valence-electron chi connectivity index (χ0n) is 15.2. The Balaban J connectivity index is 1.40. The van der Waals surface area contributed by atoms with Gasteiger partial charge < -0.3 is 14.8 Å². The molecule has 0 spiro atoms. The van der Waals surface area contributed by atoms with Gasteiger partial charge in [-0.25, -0.2) is 4.98 Å². The minimum Gasteiger partial charge on any atom is -0.454 e.